The molecule has 0 spiro atoms. The fourth-order valence-electron chi connectivity index (χ4n) is 3.23. The molecule has 1 aromatic heterocycles. The van der Waals surface area contributed by atoms with Crippen LogP contribution in [-0.4, -0.2) is 21.6 Å². The van der Waals surface area contributed by atoms with E-state index in [2.05, 4.69) is 47.9 Å². The van der Waals surface area contributed by atoms with Gasteiger partial charge in [0.2, 0.25) is 0 Å². The van der Waals surface area contributed by atoms with Gasteiger partial charge in [-0.2, -0.15) is 5.26 Å². The van der Waals surface area contributed by atoms with Crippen LogP contribution in [0.1, 0.15) is 70.7 Å². The Balaban J connectivity index is 2.17. The highest BCUT2D eigenvalue weighted by Crippen LogP contribution is 2.36. The van der Waals surface area contributed by atoms with Crippen LogP contribution in [0, 0.1) is 11.3 Å². The molecule has 1 saturated carbocycles. The molecular formula is C16H26N4. The quantitative estimate of drug-likeness (QED) is 0.895. The summed E-state index contributed by atoms with van der Waals surface area (Å²) in [5.41, 5.74) is -0.350. The number of hydrogen-bond donors (Lipinski definition) is 1. The Bertz CT molecular complexity index is 471. The van der Waals surface area contributed by atoms with Gasteiger partial charge in [0, 0.05) is 24.4 Å². The minimum atomic E-state index is -0.350. The molecule has 20 heavy (non-hydrogen) atoms. The Morgan fingerprint density at radius 3 is 3.05 bits per heavy atom. The van der Waals surface area contributed by atoms with Gasteiger partial charge < -0.3 is 4.57 Å². The van der Waals surface area contributed by atoms with Crippen LogP contribution in [0.2, 0.25) is 0 Å². The minimum absolute atomic E-state index is 0.350. The van der Waals surface area contributed by atoms with Crippen LogP contribution < -0.4 is 5.32 Å². The van der Waals surface area contributed by atoms with Crippen LogP contribution in [0.15, 0.2) is 12.4 Å². The highest BCUT2D eigenvalue weighted by atomic mass is 15.1. The highest BCUT2D eigenvalue weighted by Gasteiger charge is 2.37. The van der Waals surface area contributed by atoms with Gasteiger partial charge in [-0.3, -0.25) is 5.32 Å². The number of nitrogens with zero attached hydrogens (tertiary/aromatic N) is 3. The molecule has 0 saturated heterocycles. The molecule has 1 aliphatic carbocycles. The maximum Gasteiger partial charge on any atom is 0.111 e. The Kier molecular flexibility index (Phi) is 4.82. The van der Waals surface area contributed by atoms with Gasteiger partial charge in [0.25, 0.3) is 0 Å². The number of nitrogens with one attached hydrogen (secondary N) is 1. The van der Waals surface area contributed by atoms with Crippen molar-refractivity contribution in [3.63, 3.8) is 0 Å². The molecule has 1 aromatic rings. The Morgan fingerprint density at radius 1 is 1.60 bits per heavy atom. The van der Waals surface area contributed by atoms with E-state index < -0.39 is 0 Å². The second-order valence-corrected chi connectivity index (χ2v) is 6.22. The van der Waals surface area contributed by atoms with Crippen LogP contribution in [0.5, 0.6) is 0 Å². The zero-order valence-corrected chi connectivity index (χ0v) is 12.9. The molecule has 1 aliphatic rings. The molecule has 4 heteroatoms. The van der Waals surface area contributed by atoms with Crippen LogP contribution >= 0.6 is 0 Å². The number of hydrogen-bond acceptors (Lipinski definition) is 3. The molecule has 0 aliphatic heterocycles. The fourth-order valence-corrected chi connectivity index (χ4v) is 3.23. The second-order valence-electron chi connectivity index (χ2n) is 6.22. The van der Waals surface area contributed by atoms with E-state index in [0.29, 0.717) is 12.0 Å². The molecule has 1 fully saturated rings. The molecule has 1 heterocycles. The molecule has 110 valence electrons. The first-order valence-corrected chi connectivity index (χ1v) is 7.81. The average molecular weight is 274 g/mol. The molecule has 4 nitrogen and oxygen atoms in total. The molecule has 2 unspecified atom stereocenters. The van der Waals surface area contributed by atoms with Crippen LogP contribution in [0.25, 0.3) is 0 Å². The van der Waals surface area contributed by atoms with Gasteiger partial charge in [-0.15, -0.1) is 0 Å². The zero-order chi connectivity index (χ0) is 14.6. The number of nitriles is 1. The first-order valence-electron chi connectivity index (χ1n) is 7.81. The molecule has 0 aromatic carbocycles. The summed E-state index contributed by atoms with van der Waals surface area (Å²) in [6.07, 6.45) is 9.13. The van der Waals surface area contributed by atoms with Gasteiger partial charge in [0.05, 0.1) is 6.07 Å². The smallest absolute Gasteiger partial charge is 0.111 e. The van der Waals surface area contributed by atoms with Crippen molar-refractivity contribution in [3.8, 4) is 6.07 Å². The third kappa shape index (κ3) is 3.04. The van der Waals surface area contributed by atoms with Crippen LogP contribution in [-0.2, 0) is 0 Å². The number of rotatable bonds is 5. The predicted molar refractivity (Wildman–Crippen MR) is 80.5 cm³/mol. The summed E-state index contributed by atoms with van der Waals surface area (Å²) in [6.45, 7) is 7.41. The van der Waals surface area contributed by atoms with E-state index in [4.69, 9.17) is 0 Å². The van der Waals surface area contributed by atoms with Crippen molar-refractivity contribution in [1.82, 2.24) is 14.9 Å². The SMILES string of the molecule is CCCNC1(C#N)CCCC(n2ccnc2C(C)C)C1. The first-order chi connectivity index (χ1) is 9.62. The maximum absolute atomic E-state index is 9.62. The third-order valence-electron chi connectivity index (χ3n) is 4.26. The summed E-state index contributed by atoms with van der Waals surface area (Å²) in [5, 5.41) is 13.1. The summed E-state index contributed by atoms with van der Waals surface area (Å²) < 4.78 is 2.30. The summed E-state index contributed by atoms with van der Waals surface area (Å²) >= 11 is 0. The van der Waals surface area contributed by atoms with Gasteiger partial charge in [-0.25, -0.2) is 4.98 Å². The van der Waals surface area contributed by atoms with E-state index in [1.54, 1.807) is 0 Å². The lowest BCUT2D eigenvalue weighted by molar-refractivity contribution is 0.227. The van der Waals surface area contributed by atoms with Gasteiger partial charge in [-0.1, -0.05) is 20.8 Å². The molecular weight excluding hydrogens is 248 g/mol. The zero-order valence-electron chi connectivity index (χ0n) is 12.9. The van der Waals surface area contributed by atoms with E-state index in [9.17, 15) is 5.26 Å². The first kappa shape index (κ1) is 15.1. The molecule has 1 N–H and O–H groups in total. The van der Waals surface area contributed by atoms with E-state index >= 15 is 0 Å². The Hall–Kier alpha value is -1.34. The van der Waals surface area contributed by atoms with Gasteiger partial charge >= 0.3 is 0 Å². The van der Waals surface area contributed by atoms with E-state index in [0.717, 1.165) is 44.5 Å². The van der Waals surface area contributed by atoms with Crippen molar-refractivity contribution in [1.29, 1.82) is 5.26 Å². The molecule has 2 atom stereocenters. The van der Waals surface area contributed by atoms with Crippen LogP contribution in [0.3, 0.4) is 0 Å². The molecule has 0 amide bonds. The highest BCUT2D eigenvalue weighted by molar-refractivity contribution is 5.12. The topological polar surface area (TPSA) is 53.6 Å². The van der Waals surface area contributed by atoms with Crippen molar-refractivity contribution < 1.29 is 0 Å². The fraction of sp³-hybridized carbons (Fsp3) is 0.750. The van der Waals surface area contributed by atoms with Crippen molar-refractivity contribution in [2.75, 3.05) is 6.54 Å². The van der Waals surface area contributed by atoms with Gasteiger partial charge in [0.15, 0.2) is 0 Å². The Morgan fingerprint density at radius 2 is 2.40 bits per heavy atom. The number of imidazole rings is 1. The predicted octanol–water partition coefficient (Wildman–Crippen LogP) is 3.38. The summed E-state index contributed by atoms with van der Waals surface area (Å²) in [7, 11) is 0. The lowest BCUT2D eigenvalue weighted by atomic mass is 9.79. The second kappa shape index (κ2) is 6.41. The lowest BCUT2D eigenvalue weighted by Crippen LogP contribution is -2.48. The van der Waals surface area contributed by atoms with Crippen LogP contribution in [0.4, 0.5) is 0 Å². The monoisotopic (exact) mass is 274 g/mol. The van der Waals surface area contributed by atoms with Gasteiger partial charge in [-0.05, 0) is 38.6 Å². The maximum atomic E-state index is 9.62. The summed E-state index contributed by atoms with van der Waals surface area (Å²) in [6, 6.07) is 2.94. The standard InChI is InChI=1S/C16H26N4/c1-4-8-19-16(12-17)7-5-6-14(11-16)20-10-9-18-15(20)13(2)3/h9-10,13-14,19H,4-8,11H2,1-3H3. The minimum Gasteiger partial charge on any atom is -0.332 e. The van der Waals surface area contributed by atoms with E-state index in [1.165, 1.54) is 0 Å². The number of aromatic nitrogens is 2. The van der Waals surface area contributed by atoms with Gasteiger partial charge in [0.1, 0.15) is 11.4 Å². The average Bonchev–Trinajstić information content (AvgIpc) is 2.95. The van der Waals surface area contributed by atoms with Crippen molar-refractivity contribution >= 4 is 0 Å². The van der Waals surface area contributed by atoms with E-state index in [1.807, 2.05) is 6.20 Å². The van der Waals surface area contributed by atoms with E-state index in [-0.39, 0.29) is 5.54 Å². The largest absolute Gasteiger partial charge is 0.332 e. The van der Waals surface area contributed by atoms with Crippen molar-refractivity contribution in [3.05, 3.63) is 18.2 Å². The lowest BCUT2D eigenvalue weighted by Gasteiger charge is -2.37. The third-order valence-corrected chi connectivity index (χ3v) is 4.26. The Labute approximate surface area is 122 Å². The molecule has 0 radical (unpaired) electrons. The normalized spacial score (nSPS) is 26.6. The summed E-state index contributed by atoms with van der Waals surface area (Å²) in [5.74, 6) is 1.56. The molecule has 2 rings (SSSR count). The van der Waals surface area contributed by atoms with Crippen molar-refractivity contribution in [2.45, 2.75) is 70.4 Å². The summed E-state index contributed by atoms with van der Waals surface area (Å²) in [4.78, 5) is 4.49. The molecule has 0 bridgehead atoms. The van der Waals surface area contributed by atoms with Crippen molar-refractivity contribution in [2.24, 2.45) is 0 Å².